The Hall–Kier alpha value is -0.780. The largest absolute Gasteiger partial charge is 0.465 e. The van der Waals surface area contributed by atoms with Gasteiger partial charge in [0, 0.05) is 6.07 Å². The SMILES string of the molecule is CC(Oc1cccc(Br)n1)C(F)(F)F. The zero-order valence-corrected chi connectivity index (χ0v) is 8.76. The summed E-state index contributed by atoms with van der Waals surface area (Å²) in [6, 6.07) is 4.52. The molecule has 0 saturated heterocycles. The van der Waals surface area contributed by atoms with Gasteiger partial charge in [-0.1, -0.05) is 6.07 Å². The summed E-state index contributed by atoms with van der Waals surface area (Å²) in [5, 5.41) is 0. The molecule has 0 aromatic carbocycles. The van der Waals surface area contributed by atoms with Crippen LogP contribution in [-0.2, 0) is 0 Å². The Bertz CT molecular complexity index is 316. The number of aromatic nitrogens is 1. The van der Waals surface area contributed by atoms with E-state index in [2.05, 4.69) is 25.7 Å². The summed E-state index contributed by atoms with van der Waals surface area (Å²) in [6.07, 6.45) is -6.23. The summed E-state index contributed by atoms with van der Waals surface area (Å²) in [5.74, 6) is -0.0517. The molecule has 14 heavy (non-hydrogen) atoms. The van der Waals surface area contributed by atoms with E-state index >= 15 is 0 Å². The third kappa shape index (κ3) is 3.17. The fraction of sp³-hybridized carbons (Fsp3) is 0.375. The Labute approximate surface area is 87.2 Å². The second-order valence-electron chi connectivity index (χ2n) is 2.60. The molecule has 0 spiro atoms. The molecule has 0 aliphatic rings. The van der Waals surface area contributed by atoms with E-state index in [9.17, 15) is 13.2 Å². The average molecular weight is 270 g/mol. The number of nitrogens with zero attached hydrogens (tertiary/aromatic N) is 1. The van der Waals surface area contributed by atoms with E-state index in [0.717, 1.165) is 6.92 Å². The van der Waals surface area contributed by atoms with E-state index in [4.69, 9.17) is 0 Å². The maximum absolute atomic E-state index is 12.1. The van der Waals surface area contributed by atoms with Gasteiger partial charge < -0.3 is 4.74 Å². The smallest absolute Gasteiger partial charge is 0.425 e. The molecule has 1 aromatic rings. The minimum atomic E-state index is -4.37. The van der Waals surface area contributed by atoms with Gasteiger partial charge in [-0.3, -0.25) is 0 Å². The fourth-order valence-electron chi connectivity index (χ4n) is 0.703. The van der Waals surface area contributed by atoms with Gasteiger partial charge in [0.2, 0.25) is 5.88 Å². The standard InChI is InChI=1S/C8H7BrF3NO/c1-5(8(10,11)12)14-7-4-2-3-6(9)13-7/h2-5H,1H3. The van der Waals surface area contributed by atoms with Gasteiger partial charge in [0.1, 0.15) is 4.60 Å². The van der Waals surface area contributed by atoms with Crippen molar-refractivity contribution in [2.24, 2.45) is 0 Å². The topological polar surface area (TPSA) is 22.1 Å². The number of hydrogen-bond donors (Lipinski definition) is 0. The quantitative estimate of drug-likeness (QED) is 0.770. The molecular weight excluding hydrogens is 263 g/mol. The molecule has 6 heteroatoms. The van der Waals surface area contributed by atoms with Crippen molar-refractivity contribution in [1.29, 1.82) is 0 Å². The van der Waals surface area contributed by atoms with Crippen LogP contribution in [-0.4, -0.2) is 17.3 Å². The number of rotatable bonds is 2. The van der Waals surface area contributed by atoms with Crippen molar-refractivity contribution < 1.29 is 17.9 Å². The molecule has 0 amide bonds. The van der Waals surface area contributed by atoms with Crippen LogP contribution in [0.1, 0.15) is 6.92 Å². The monoisotopic (exact) mass is 269 g/mol. The third-order valence-corrected chi connectivity index (χ3v) is 1.89. The Kier molecular flexibility index (Phi) is 3.36. The van der Waals surface area contributed by atoms with Gasteiger partial charge in [0.05, 0.1) is 0 Å². The van der Waals surface area contributed by atoms with Crippen molar-refractivity contribution in [2.75, 3.05) is 0 Å². The molecule has 1 atom stereocenters. The third-order valence-electron chi connectivity index (χ3n) is 1.45. The molecule has 0 N–H and O–H groups in total. The summed E-state index contributed by atoms with van der Waals surface area (Å²) < 4.78 is 41.2. The first kappa shape index (κ1) is 11.3. The number of pyridine rings is 1. The van der Waals surface area contributed by atoms with Gasteiger partial charge in [-0.15, -0.1) is 0 Å². The minimum Gasteiger partial charge on any atom is -0.465 e. The second kappa shape index (κ2) is 4.16. The molecule has 1 aromatic heterocycles. The van der Waals surface area contributed by atoms with Gasteiger partial charge in [-0.25, -0.2) is 4.98 Å². The molecule has 1 unspecified atom stereocenters. The predicted octanol–water partition coefficient (Wildman–Crippen LogP) is 3.17. The number of ether oxygens (including phenoxy) is 1. The van der Waals surface area contributed by atoms with Crippen LogP contribution in [0.2, 0.25) is 0 Å². The molecule has 2 nitrogen and oxygen atoms in total. The van der Waals surface area contributed by atoms with Crippen LogP contribution >= 0.6 is 15.9 Å². The van der Waals surface area contributed by atoms with Gasteiger partial charge in [-0.2, -0.15) is 13.2 Å². The molecular formula is C8H7BrF3NO. The van der Waals surface area contributed by atoms with Gasteiger partial charge in [0.25, 0.3) is 0 Å². The van der Waals surface area contributed by atoms with Crippen LogP contribution in [0, 0.1) is 0 Å². The molecule has 1 rings (SSSR count). The van der Waals surface area contributed by atoms with Crippen LogP contribution in [0.3, 0.4) is 0 Å². The Balaban J connectivity index is 2.70. The van der Waals surface area contributed by atoms with Crippen molar-refractivity contribution >= 4 is 15.9 Å². The molecule has 0 saturated carbocycles. The van der Waals surface area contributed by atoms with E-state index in [1.54, 1.807) is 12.1 Å². The summed E-state index contributed by atoms with van der Waals surface area (Å²) >= 11 is 3.03. The van der Waals surface area contributed by atoms with Crippen molar-refractivity contribution in [3.8, 4) is 5.88 Å². The lowest BCUT2D eigenvalue weighted by Crippen LogP contribution is -2.31. The number of hydrogen-bond acceptors (Lipinski definition) is 2. The van der Waals surface area contributed by atoms with Gasteiger partial charge >= 0.3 is 6.18 Å². The van der Waals surface area contributed by atoms with Crippen molar-refractivity contribution in [3.05, 3.63) is 22.8 Å². The Morgan fingerprint density at radius 3 is 2.57 bits per heavy atom. The van der Waals surface area contributed by atoms with Crippen molar-refractivity contribution in [2.45, 2.75) is 19.2 Å². The zero-order chi connectivity index (χ0) is 10.8. The lowest BCUT2D eigenvalue weighted by Gasteiger charge is -2.16. The zero-order valence-electron chi connectivity index (χ0n) is 7.18. The van der Waals surface area contributed by atoms with Crippen LogP contribution in [0.25, 0.3) is 0 Å². The fourth-order valence-corrected chi connectivity index (χ4v) is 1.03. The highest BCUT2D eigenvalue weighted by Crippen LogP contribution is 2.24. The molecule has 78 valence electrons. The van der Waals surface area contributed by atoms with Gasteiger partial charge in [-0.05, 0) is 28.9 Å². The Morgan fingerprint density at radius 1 is 1.43 bits per heavy atom. The summed E-state index contributed by atoms with van der Waals surface area (Å²) in [7, 11) is 0. The molecule has 0 aliphatic carbocycles. The first-order valence-corrected chi connectivity index (χ1v) is 4.55. The average Bonchev–Trinajstić information content (AvgIpc) is 2.02. The number of halogens is 4. The maximum atomic E-state index is 12.1. The highest BCUT2D eigenvalue weighted by Gasteiger charge is 2.38. The van der Waals surface area contributed by atoms with Crippen LogP contribution in [0.15, 0.2) is 22.8 Å². The van der Waals surface area contributed by atoms with Crippen molar-refractivity contribution in [1.82, 2.24) is 4.98 Å². The highest BCUT2D eigenvalue weighted by atomic mass is 79.9. The van der Waals surface area contributed by atoms with Gasteiger partial charge in [0.15, 0.2) is 6.10 Å². The lowest BCUT2D eigenvalue weighted by atomic mass is 10.4. The van der Waals surface area contributed by atoms with E-state index in [0.29, 0.717) is 4.60 Å². The van der Waals surface area contributed by atoms with E-state index in [-0.39, 0.29) is 5.88 Å². The normalized spacial score (nSPS) is 13.8. The van der Waals surface area contributed by atoms with Crippen molar-refractivity contribution in [3.63, 3.8) is 0 Å². The molecule has 1 heterocycles. The first-order chi connectivity index (χ1) is 6.39. The highest BCUT2D eigenvalue weighted by molar-refractivity contribution is 9.10. The van der Waals surface area contributed by atoms with E-state index < -0.39 is 12.3 Å². The van der Waals surface area contributed by atoms with Crippen LogP contribution < -0.4 is 4.74 Å². The molecule has 0 radical (unpaired) electrons. The second-order valence-corrected chi connectivity index (χ2v) is 3.41. The van der Waals surface area contributed by atoms with E-state index in [1.165, 1.54) is 6.07 Å². The van der Waals surface area contributed by atoms with E-state index in [1.807, 2.05) is 0 Å². The predicted molar refractivity (Wildman–Crippen MR) is 48.1 cm³/mol. The lowest BCUT2D eigenvalue weighted by molar-refractivity contribution is -0.190. The molecule has 0 aliphatic heterocycles. The van der Waals surface area contributed by atoms with Crippen LogP contribution in [0.5, 0.6) is 5.88 Å². The first-order valence-electron chi connectivity index (χ1n) is 3.75. The molecule has 0 bridgehead atoms. The minimum absolute atomic E-state index is 0.0517. The Morgan fingerprint density at radius 2 is 2.07 bits per heavy atom. The number of alkyl halides is 3. The summed E-state index contributed by atoms with van der Waals surface area (Å²) in [4.78, 5) is 3.72. The summed E-state index contributed by atoms with van der Waals surface area (Å²) in [5.41, 5.74) is 0. The maximum Gasteiger partial charge on any atom is 0.425 e. The summed E-state index contributed by atoms with van der Waals surface area (Å²) in [6.45, 7) is 0.933. The molecule has 0 fully saturated rings. The van der Waals surface area contributed by atoms with Crippen LogP contribution in [0.4, 0.5) is 13.2 Å².